The normalized spacial score (nSPS) is 10.9. The van der Waals surface area contributed by atoms with Crippen LogP contribution < -0.4 is 14.6 Å². The number of benzene rings is 2. The lowest BCUT2D eigenvalue weighted by Gasteiger charge is -2.13. The summed E-state index contributed by atoms with van der Waals surface area (Å²) in [6.07, 6.45) is 0.906. The highest BCUT2D eigenvalue weighted by molar-refractivity contribution is 5.88. The molecular weight excluding hydrogens is 296 g/mol. The van der Waals surface area contributed by atoms with Gasteiger partial charge in [0.2, 0.25) is 0 Å². The molecule has 0 aliphatic heterocycles. The molecule has 0 bridgehead atoms. The number of para-hydroxylation sites is 1. The number of hydrogen-bond acceptors (Lipinski definition) is 5. The third-order valence-corrected chi connectivity index (χ3v) is 2.95. The van der Waals surface area contributed by atoms with Gasteiger partial charge in [0.1, 0.15) is 24.7 Å². The Kier molecular flexibility index (Phi) is 6.06. The summed E-state index contributed by atoms with van der Waals surface area (Å²) in [5, 5.41) is 11.7. The Morgan fingerprint density at radius 2 is 1.52 bits per heavy atom. The quantitative estimate of drug-likeness (QED) is 0.338. The molecule has 2 aromatic carbocycles. The zero-order valence-electron chi connectivity index (χ0n) is 12.7. The molecule has 0 spiro atoms. The predicted octanol–water partition coefficient (Wildman–Crippen LogP) is 2.02. The fraction of sp³-hybridized carbons (Fsp3) is 0.167. The molecule has 120 valence electrons. The fourth-order valence-electron chi connectivity index (χ4n) is 1.80. The van der Waals surface area contributed by atoms with E-state index < -0.39 is 11.7 Å². The molecule has 5 nitrogen and oxygen atoms in total. The molecule has 0 saturated carbocycles. The van der Waals surface area contributed by atoms with Crippen LogP contribution in [-0.2, 0) is 9.53 Å². The maximum Gasteiger partial charge on any atom is 0.329 e. The summed E-state index contributed by atoms with van der Waals surface area (Å²) in [7, 11) is 1.22. The zero-order chi connectivity index (χ0) is 16.5. The maximum atomic E-state index is 11.7. The van der Waals surface area contributed by atoms with Crippen molar-refractivity contribution in [2.24, 2.45) is 0 Å². The standard InChI is InChI=1S/C18H18O5/c1-21-18(20)13-17(19)14-7-9-16(10-8-14)23-12-11-22-15-5-3-2-4-6-15/h2-10,13,19H,11-12H2,1H3/p-1/b17-13-. The first-order chi connectivity index (χ1) is 11.2. The minimum Gasteiger partial charge on any atom is -0.872 e. The van der Waals surface area contributed by atoms with Gasteiger partial charge in [0.25, 0.3) is 0 Å². The molecule has 0 aliphatic carbocycles. The minimum absolute atomic E-state index is 0.385. The smallest absolute Gasteiger partial charge is 0.329 e. The fourth-order valence-corrected chi connectivity index (χ4v) is 1.80. The first kappa shape index (κ1) is 16.4. The molecule has 0 N–H and O–H groups in total. The van der Waals surface area contributed by atoms with Crippen molar-refractivity contribution >= 4 is 11.7 Å². The Hall–Kier alpha value is -2.95. The van der Waals surface area contributed by atoms with Gasteiger partial charge < -0.3 is 19.3 Å². The molecule has 2 aromatic rings. The third-order valence-electron chi connectivity index (χ3n) is 2.95. The van der Waals surface area contributed by atoms with Gasteiger partial charge in [0.15, 0.2) is 0 Å². The Balaban J connectivity index is 1.81. The van der Waals surface area contributed by atoms with E-state index in [0.717, 1.165) is 11.8 Å². The van der Waals surface area contributed by atoms with Crippen LogP contribution in [-0.4, -0.2) is 26.3 Å². The van der Waals surface area contributed by atoms with E-state index in [1.165, 1.54) is 7.11 Å². The molecule has 0 saturated heterocycles. The van der Waals surface area contributed by atoms with Gasteiger partial charge in [-0.3, -0.25) is 0 Å². The van der Waals surface area contributed by atoms with Gasteiger partial charge in [-0.05, 0) is 29.8 Å². The van der Waals surface area contributed by atoms with E-state index in [1.807, 2.05) is 30.3 Å². The lowest BCUT2D eigenvalue weighted by Crippen LogP contribution is -2.09. The van der Waals surface area contributed by atoms with Gasteiger partial charge in [0.05, 0.1) is 7.11 Å². The van der Waals surface area contributed by atoms with Crippen molar-refractivity contribution in [3.63, 3.8) is 0 Å². The molecule has 0 radical (unpaired) electrons. The van der Waals surface area contributed by atoms with Crippen LogP contribution in [0.3, 0.4) is 0 Å². The Morgan fingerprint density at radius 3 is 2.09 bits per heavy atom. The van der Waals surface area contributed by atoms with E-state index in [0.29, 0.717) is 24.5 Å². The molecule has 5 heteroatoms. The summed E-state index contributed by atoms with van der Waals surface area (Å²) in [5.41, 5.74) is 0.392. The predicted molar refractivity (Wildman–Crippen MR) is 83.9 cm³/mol. The highest BCUT2D eigenvalue weighted by Gasteiger charge is 1.98. The highest BCUT2D eigenvalue weighted by Crippen LogP contribution is 2.16. The number of carbonyl (C=O) groups is 1. The Morgan fingerprint density at radius 1 is 0.957 bits per heavy atom. The highest BCUT2D eigenvalue weighted by atomic mass is 16.5. The van der Waals surface area contributed by atoms with E-state index >= 15 is 0 Å². The topological polar surface area (TPSA) is 67.8 Å². The van der Waals surface area contributed by atoms with Crippen LogP contribution in [0.2, 0.25) is 0 Å². The number of rotatable bonds is 7. The SMILES string of the molecule is COC(=O)/C=C(\[O-])c1ccc(OCCOc2ccccc2)cc1. The van der Waals surface area contributed by atoms with E-state index in [2.05, 4.69) is 4.74 Å². The second-order valence-electron chi connectivity index (χ2n) is 4.57. The Labute approximate surface area is 134 Å². The molecule has 0 unspecified atom stereocenters. The maximum absolute atomic E-state index is 11.7. The third kappa shape index (κ3) is 5.39. The van der Waals surface area contributed by atoms with Crippen molar-refractivity contribution in [1.29, 1.82) is 0 Å². The van der Waals surface area contributed by atoms with E-state index in [1.54, 1.807) is 24.3 Å². The van der Waals surface area contributed by atoms with Gasteiger partial charge in [-0.15, -0.1) is 0 Å². The first-order valence-corrected chi connectivity index (χ1v) is 7.07. The molecule has 0 aromatic heterocycles. The summed E-state index contributed by atoms with van der Waals surface area (Å²) in [6, 6.07) is 16.0. The first-order valence-electron chi connectivity index (χ1n) is 7.07. The van der Waals surface area contributed by atoms with E-state index in [4.69, 9.17) is 9.47 Å². The summed E-state index contributed by atoms with van der Waals surface area (Å²) in [4.78, 5) is 11.0. The van der Waals surface area contributed by atoms with Crippen molar-refractivity contribution in [2.45, 2.75) is 0 Å². The van der Waals surface area contributed by atoms with Crippen LogP contribution in [0, 0.1) is 0 Å². The summed E-state index contributed by atoms with van der Waals surface area (Å²) in [5.74, 6) is 0.330. The van der Waals surface area contributed by atoms with Gasteiger partial charge in [-0.25, -0.2) is 4.79 Å². The van der Waals surface area contributed by atoms with Crippen LogP contribution in [0.1, 0.15) is 5.56 Å². The molecule has 0 atom stereocenters. The van der Waals surface area contributed by atoms with Crippen LogP contribution in [0.25, 0.3) is 5.76 Å². The van der Waals surface area contributed by atoms with Crippen molar-refractivity contribution in [3.05, 3.63) is 66.2 Å². The van der Waals surface area contributed by atoms with Crippen LogP contribution in [0.4, 0.5) is 0 Å². The minimum atomic E-state index is -0.673. The lowest BCUT2D eigenvalue weighted by molar-refractivity contribution is -0.244. The second-order valence-corrected chi connectivity index (χ2v) is 4.57. The lowest BCUT2D eigenvalue weighted by atomic mass is 10.2. The number of esters is 1. The van der Waals surface area contributed by atoms with Crippen LogP contribution >= 0.6 is 0 Å². The molecular formula is C18H17O5-. The molecule has 0 amide bonds. The molecule has 0 heterocycles. The number of ether oxygens (including phenoxy) is 3. The van der Waals surface area contributed by atoms with Crippen LogP contribution in [0.15, 0.2) is 60.7 Å². The summed E-state index contributed by atoms with van der Waals surface area (Å²) >= 11 is 0. The van der Waals surface area contributed by atoms with Crippen LogP contribution in [0.5, 0.6) is 11.5 Å². The molecule has 0 fully saturated rings. The second kappa shape index (κ2) is 8.48. The average molecular weight is 313 g/mol. The van der Waals surface area contributed by atoms with E-state index in [9.17, 15) is 9.90 Å². The average Bonchev–Trinajstić information content (AvgIpc) is 2.60. The molecule has 23 heavy (non-hydrogen) atoms. The van der Waals surface area contributed by atoms with Gasteiger partial charge in [-0.2, -0.15) is 0 Å². The number of carbonyl (C=O) groups excluding carboxylic acids is 1. The Bertz CT molecular complexity index is 647. The van der Waals surface area contributed by atoms with E-state index in [-0.39, 0.29) is 0 Å². The van der Waals surface area contributed by atoms with Crippen molar-refractivity contribution in [1.82, 2.24) is 0 Å². The summed E-state index contributed by atoms with van der Waals surface area (Å²) in [6.45, 7) is 0.803. The van der Waals surface area contributed by atoms with Crippen molar-refractivity contribution in [2.75, 3.05) is 20.3 Å². The van der Waals surface area contributed by atoms with Crippen molar-refractivity contribution < 1.29 is 24.1 Å². The monoisotopic (exact) mass is 313 g/mol. The van der Waals surface area contributed by atoms with Gasteiger partial charge in [0, 0.05) is 6.08 Å². The van der Waals surface area contributed by atoms with Gasteiger partial charge in [-0.1, -0.05) is 36.1 Å². The molecule has 2 rings (SSSR count). The number of hydrogen-bond donors (Lipinski definition) is 0. The summed E-state index contributed by atoms with van der Waals surface area (Å²) < 4.78 is 15.5. The zero-order valence-corrected chi connectivity index (χ0v) is 12.7. The van der Waals surface area contributed by atoms with Gasteiger partial charge >= 0.3 is 5.97 Å². The largest absolute Gasteiger partial charge is 0.872 e. The number of methoxy groups -OCH3 is 1. The van der Waals surface area contributed by atoms with Crippen molar-refractivity contribution in [3.8, 4) is 11.5 Å². The molecule has 0 aliphatic rings.